The van der Waals surface area contributed by atoms with Crippen molar-refractivity contribution >= 4 is 21.7 Å². The van der Waals surface area contributed by atoms with Gasteiger partial charge in [-0.15, -0.1) is 0 Å². The lowest BCUT2D eigenvalue weighted by Gasteiger charge is -2.52. The van der Waals surface area contributed by atoms with E-state index in [0.29, 0.717) is 35.8 Å². The number of rotatable bonds is 7. The summed E-state index contributed by atoms with van der Waals surface area (Å²) in [6.07, 6.45) is 10.3. The standard InChI is InChI=1S/C22H36BrFO2/c1-21(26,9-3-11-24)13-15-4-5-17-16(12-15)8-10-22(2)18(17)6-7-19(22)20(25)14-23/h15-19,26H,3-14H2,1-2H3/t15-,16?,17+,18-,19+,21+,22-/m0/s1. The molecule has 1 unspecified atom stereocenters. The first-order chi connectivity index (χ1) is 12.3. The molecule has 0 amide bonds. The highest BCUT2D eigenvalue weighted by molar-refractivity contribution is 9.09. The van der Waals surface area contributed by atoms with Gasteiger partial charge in [0.25, 0.3) is 0 Å². The van der Waals surface area contributed by atoms with Gasteiger partial charge in [0.05, 0.1) is 17.6 Å². The van der Waals surface area contributed by atoms with Crippen LogP contribution in [0.15, 0.2) is 0 Å². The van der Waals surface area contributed by atoms with Crippen LogP contribution in [0.1, 0.15) is 78.1 Å². The molecule has 0 saturated heterocycles. The molecule has 3 aliphatic rings. The average Bonchev–Trinajstić information content (AvgIpc) is 2.96. The molecule has 2 nitrogen and oxygen atoms in total. The Labute approximate surface area is 166 Å². The maximum atomic E-state index is 12.5. The first-order valence-corrected chi connectivity index (χ1v) is 11.8. The fourth-order valence-corrected chi connectivity index (χ4v) is 7.44. The molecule has 3 fully saturated rings. The van der Waals surface area contributed by atoms with Gasteiger partial charge in [-0.1, -0.05) is 29.3 Å². The molecule has 150 valence electrons. The molecule has 0 bridgehead atoms. The third kappa shape index (κ3) is 4.06. The number of Topliss-reactive ketones (excluding diaryl/α,β-unsaturated/α-hetero) is 1. The molecule has 4 heteroatoms. The van der Waals surface area contributed by atoms with Crippen molar-refractivity contribution in [1.29, 1.82) is 0 Å². The molecular weight excluding hydrogens is 395 g/mol. The van der Waals surface area contributed by atoms with Crippen molar-refractivity contribution in [3.8, 4) is 0 Å². The normalized spacial score (nSPS) is 42.0. The summed E-state index contributed by atoms with van der Waals surface area (Å²) in [4.78, 5) is 12.4. The lowest BCUT2D eigenvalue weighted by atomic mass is 9.53. The number of fused-ring (bicyclic) bond motifs is 3. The van der Waals surface area contributed by atoms with Gasteiger partial charge in [0.15, 0.2) is 0 Å². The summed E-state index contributed by atoms with van der Waals surface area (Å²) < 4.78 is 12.5. The number of carbonyl (C=O) groups excluding carboxylic acids is 1. The van der Waals surface area contributed by atoms with E-state index in [0.717, 1.165) is 24.7 Å². The van der Waals surface area contributed by atoms with Crippen molar-refractivity contribution in [2.75, 3.05) is 12.0 Å². The minimum absolute atomic E-state index is 0.214. The Balaban J connectivity index is 1.62. The summed E-state index contributed by atoms with van der Waals surface area (Å²) in [5, 5.41) is 11.1. The topological polar surface area (TPSA) is 37.3 Å². The van der Waals surface area contributed by atoms with Crippen LogP contribution >= 0.6 is 15.9 Å². The molecule has 1 N–H and O–H groups in total. The molecule has 0 aliphatic heterocycles. The number of hydrogen-bond acceptors (Lipinski definition) is 2. The SMILES string of the molecule is C[C@@](O)(CCCF)C[C@H]1CC[C@@H]2C(CC[C@]3(C)[C@@H](C(=O)CBr)CC[C@@H]23)C1. The van der Waals surface area contributed by atoms with Crippen LogP contribution < -0.4 is 0 Å². The van der Waals surface area contributed by atoms with E-state index in [2.05, 4.69) is 22.9 Å². The minimum Gasteiger partial charge on any atom is -0.390 e. The zero-order chi connectivity index (χ0) is 18.9. The summed E-state index contributed by atoms with van der Waals surface area (Å²) in [5.74, 6) is 3.49. The molecule has 3 saturated carbocycles. The first-order valence-electron chi connectivity index (χ1n) is 10.7. The summed E-state index contributed by atoms with van der Waals surface area (Å²) >= 11 is 3.39. The quantitative estimate of drug-likeness (QED) is 0.525. The summed E-state index contributed by atoms with van der Waals surface area (Å²) in [6, 6.07) is 0. The Morgan fingerprint density at radius 1 is 1.27 bits per heavy atom. The second kappa shape index (κ2) is 8.19. The van der Waals surface area contributed by atoms with Crippen LogP contribution in [-0.2, 0) is 4.79 Å². The van der Waals surface area contributed by atoms with Gasteiger partial charge in [-0.2, -0.15) is 0 Å². The molecular formula is C22H36BrFO2. The Morgan fingerprint density at radius 3 is 2.73 bits per heavy atom. The van der Waals surface area contributed by atoms with Crippen LogP contribution in [0.25, 0.3) is 0 Å². The molecule has 0 aromatic rings. The van der Waals surface area contributed by atoms with Crippen LogP contribution in [0.5, 0.6) is 0 Å². The Morgan fingerprint density at radius 2 is 2.04 bits per heavy atom. The van der Waals surface area contributed by atoms with E-state index in [-0.39, 0.29) is 18.0 Å². The van der Waals surface area contributed by atoms with Gasteiger partial charge in [-0.05, 0) is 93.8 Å². The second-order valence-electron chi connectivity index (χ2n) is 9.98. The van der Waals surface area contributed by atoms with Crippen molar-refractivity contribution in [1.82, 2.24) is 0 Å². The predicted molar refractivity (Wildman–Crippen MR) is 107 cm³/mol. The number of carbonyl (C=O) groups is 1. The molecule has 0 aromatic carbocycles. The number of alkyl halides is 2. The van der Waals surface area contributed by atoms with E-state index in [1.54, 1.807) is 0 Å². The van der Waals surface area contributed by atoms with Crippen LogP contribution in [0.4, 0.5) is 4.39 Å². The zero-order valence-corrected chi connectivity index (χ0v) is 18.1. The number of hydrogen-bond donors (Lipinski definition) is 1. The highest BCUT2D eigenvalue weighted by atomic mass is 79.9. The smallest absolute Gasteiger partial charge is 0.147 e. The van der Waals surface area contributed by atoms with Crippen LogP contribution in [0.3, 0.4) is 0 Å². The second-order valence-corrected chi connectivity index (χ2v) is 10.5. The van der Waals surface area contributed by atoms with E-state index >= 15 is 0 Å². The fourth-order valence-electron chi connectivity index (χ4n) is 7.05. The van der Waals surface area contributed by atoms with Crippen LogP contribution in [-0.4, -0.2) is 28.5 Å². The molecule has 3 rings (SSSR count). The highest BCUT2D eigenvalue weighted by Gasteiger charge is 2.56. The molecule has 0 spiro atoms. The van der Waals surface area contributed by atoms with Gasteiger partial charge >= 0.3 is 0 Å². The fraction of sp³-hybridized carbons (Fsp3) is 0.955. The van der Waals surface area contributed by atoms with Crippen molar-refractivity contribution in [3.63, 3.8) is 0 Å². The third-order valence-corrected chi connectivity index (χ3v) is 8.78. The van der Waals surface area contributed by atoms with Crippen molar-refractivity contribution in [2.45, 2.75) is 83.7 Å². The van der Waals surface area contributed by atoms with Crippen LogP contribution in [0, 0.1) is 35.0 Å². The van der Waals surface area contributed by atoms with Crippen LogP contribution in [0.2, 0.25) is 0 Å². The lowest BCUT2D eigenvalue weighted by molar-refractivity contribution is -0.126. The van der Waals surface area contributed by atoms with E-state index < -0.39 is 5.60 Å². The van der Waals surface area contributed by atoms with Gasteiger partial charge < -0.3 is 5.11 Å². The molecule has 26 heavy (non-hydrogen) atoms. The van der Waals surface area contributed by atoms with Crippen molar-refractivity contribution in [2.24, 2.45) is 35.0 Å². The van der Waals surface area contributed by atoms with Crippen molar-refractivity contribution < 1.29 is 14.3 Å². The number of ketones is 1. The minimum atomic E-state index is -0.715. The maximum absolute atomic E-state index is 12.5. The predicted octanol–water partition coefficient (Wildman–Crippen LogP) is 5.70. The van der Waals surface area contributed by atoms with Gasteiger partial charge in [-0.25, -0.2) is 0 Å². The van der Waals surface area contributed by atoms with Gasteiger partial charge in [0, 0.05) is 5.92 Å². The van der Waals surface area contributed by atoms with Gasteiger partial charge in [-0.3, -0.25) is 9.18 Å². The van der Waals surface area contributed by atoms with Gasteiger partial charge in [0.2, 0.25) is 0 Å². The monoisotopic (exact) mass is 430 g/mol. The molecule has 0 radical (unpaired) electrons. The lowest BCUT2D eigenvalue weighted by Crippen LogP contribution is -2.46. The van der Waals surface area contributed by atoms with Crippen molar-refractivity contribution in [3.05, 3.63) is 0 Å². The Bertz CT molecular complexity index is 508. The summed E-state index contributed by atoms with van der Waals surface area (Å²) in [6.45, 7) is 3.94. The Hall–Kier alpha value is 0.0400. The summed E-state index contributed by atoms with van der Waals surface area (Å²) in [5.41, 5.74) is -0.501. The third-order valence-electron chi connectivity index (χ3n) is 8.23. The van der Waals surface area contributed by atoms with E-state index in [9.17, 15) is 14.3 Å². The molecule has 0 heterocycles. The van der Waals surface area contributed by atoms with Gasteiger partial charge in [0.1, 0.15) is 5.78 Å². The van der Waals surface area contributed by atoms with E-state index in [1.165, 1.54) is 38.5 Å². The Kier molecular flexibility index (Phi) is 6.54. The molecule has 0 aromatic heterocycles. The molecule has 3 aliphatic carbocycles. The number of halogens is 2. The zero-order valence-electron chi connectivity index (χ0n) is 16.5. The maximum Gasteiger partial charge on any atom is 0.147 e. The average molecular weight is 431 g/mol. The van der Waals surface area contributed by atoms with E-state index in [4.69, 9.17) is 0 Å². The largest absolute Gasteiger partial charge is 0.390 e. The molecule has 7 atom stereocenters. The summed E-state index contributed by atoms with van der Waals surface area (Å²) in [7, 11) is 0. The first kappa shape index (κ1) is 20.8. The number of aliphatic hydroxyl groups is 1. The van der Waals surface area contributed by atoms with E-state index in [1.807, 2.05) is 6.92 Å². The highest BCUT2D eigenvalue weighted by Crippen LogP contribution is 2.62.